The van der Waals surface area contributed by atoms with Gasteiger partial charge in [-0.25, -0.2) is 9.97 Å². The first-order valence-electron chi connectivity index (χ1n) is 6.90. The Balaban J connectivity index is 2.07. The molecule has 21 heavy (non-hydrogen) atoms. The third-order valence-electron chi connectivity index (χ3n) is 3.24. The molecule has 0 aromatic carbocycles. The predicted molar refractivity (Wildman–Crippen MR) is 91.0 cm³/mol. The van der Waals surface area contributed by atoms with Crippen molar-refractivity contribution < 1.29 is 4.74 Å². The van der Waals surface area contributed by atoms with Crippen molar-refractivity contribution in [2.45, 2.75) is 20.3 Å². The van der Waals surface area contributed by atoms with Gasteiger partial charge in [0.25, 0.3) is 0 Å². The molecular weight excluding hydrogens is 350 g/mol. The van der Waals surface area contributed by atoms with Gasteiger partial charge in [-0.2, -0.15) is 0 Å². The lowest BCUT2D eigenvalue weighted by atomic mass is 10.1. The summed E-state index contributed by atoms with van der Waals surface area (Å²) in [7, 11) is 1.71. The fraction of sp³-hybridized carbons (Fsp3) is 0.467. The van der Waals surface area contributed by atoms with Gasteiger partial charge in [-0.1, -0.05) is 0 Å². The smallest absolute Gasteiger partial charge is 0.169 e. The van der Waals surface area contributed by atoms with E-state index in [1.165, 1.54) is 5.56 Å². The van der Waals surface area contributed by atoms with Crippen molar-refractivity contribution in [1.82, 2.24) is 15.3 Å². The van der Waals surface area contributed by atoms with Crippen molar-refractivity contribution in [2.24, 2.45) is 0 Å². The first kappa shape index (κ1) is 16.5. The summed E-state index contributed by atoms with van der Waals surface area (Å²) in [4.78, 5) is 10.4. The molecule has 0 spiro atoms. The van der Waals surface area contributed by atoms with Crippen LogP contribution in [0, 0.1) is 13.8 Å². The van der Waals surface area contributed by atoms with E-state index in [1.54, 1.807) is 18.4 Å². The van der Waals surface area contributed by atoms with Crippen molar-refractivity contribution in [1.29, 1.82) is 0 Å². The second-order valence-corrected chi connectivity index (χ2v) is 6.65. The molecule has 0 amide bonds. The number of nitrogens with one attached hydrogen (secondary N) is 1. The highest BCUT2D eigenvalue weighted by Gasteiger charge is 2.11. The van der Waals surface area contributed by atoms with Crippen LogP contribution in [-0.2, 0) is 11.2 Å². The van der Waals surface area contributed by atoms with Crippen molar-refractivity contribution in [3.8, 4) is 10.7 Å². The molecule has 2 aromatic rings. The van der Waals surface area contributed by atoms with E-state index in [4.69, 9.17) is 4.74 Å². The van der Waals surface area contributed by atoms with Gasteiger partial charge in [0.2, 0.25) is 0 Å². The van der Waals surface area contributed by atoms with Crippen molar-refractivity contribution in [3.05, 3.63) is 32.9 Å². The molecule has 0 atom stereocenters. The Morgan fingerprint density at radius 2 is 1.95 bits per heavy atom. The van der Waals surface area contributed by atoms with Crippen LogP contribution in [0.3, 0.4) is 0 Å². The molecule has 0 bridgehead atoms. The minimum absolute atomic E-state index is 0.737. The Kier molecular flexibility index (Phi) is 6.29. The van der Waals surface area contributed by atoms with E-state index >= 15 is 0 Å². The van der Waals surface area contributed by atoms with Gasteiger partial charge in [0.1, 0.15) is 0 Å². The third-order valence-corrected chi connectivity index (χ3v) is 4.93. The molecule has 114 valence electrons. The second-order valence-electron chi connectivity index (χ2n) is 4.82. The summed E-state index contributed by atoms with van der Waals surface area (Å²) < 4.78 is 6.10. The number of rotatable bonds is 7. The van der Waals surface area contributed by atoms with Crippen molar-refractivity contribution in [2.75, 3.05) is 26.8 Å². The monoisotopic (exact) mass is 369 g/mol. The first-order valence-corrected chi connectivity index (χ1v) is 8.57. The van der Waals surface area contributed by atoms with Gasteiger partial charge in [-0.15, -0.1) is 11.3 Å². The molecule has 0 aliphatic rings. The lowest BCUT2D eigenvalue weighted by Crippen LogP contribution is -2.22. The maximum absolute atomic E-state index is 5.02. The molecule has 0 fully saturated rings. The van der Waals surface area contributed by atoms with Crippen LogP contribution in [0.25, 0.3) is 10.7 Å². The van der Waals surface area contributed by atoms with Crippen LogP contribution in [0.15, 0.2) is 15.9 Å². The number of thiophene rings is 1. The van der Waals surface area contributed by atoms with E-state index in [-0.39, 0.29) is 0 Å². The minimum atomic E-state index is 0.737. The topological polar surface area (TPSA) is 47.0 Å². The summed E-state index contributed by atoms with van der Waals surface area (Å²) in [6.45, 7) is 6.65. The highest BCUT2D eigenvalue weighted by atomic mass is 79.9. The van der Waals surface area contributed by atoms with E-state index in [0.717, 1.165) is 52.7 Å². The third kappa shape index (κ3) is 4.57. The number of ether oxygens (including phenoxy) is 1. The Morgan fingerprint density at radius 1 is 1.24 bits per heavy atom. The molecule has 2 rings (SSSR count). The first-order chi connectivity index (χ1) is 10.1. The van der Waals surface area contributed by atoms with Crippen LogP contribution in [-0.4, -0.2) is 36.8 Å². The van der Waals surface area contributed by atoms with Crippen LogP contribution < -0.4 is 5.32 Å². The molecular formula is C15H20BrN3OS. The normalized spacial score (nSPS) is 11.0. The van der Waals surface area contributed by atoms with Gasteiger partial charge < -0.3 is 10.1 Å². The van der Waals surface area contributed by atoms with Crippen LogP contribution in [0.5, 0.6) is 0 Å². The van der Waals surface area contributed by atoms with Gasteiger partial charge in [0.05, 0.1) is 11.5 Å². The summed E-state index contributed by atoms with van der Waals surface area (Å²) in [6, 6.07) is 2.06. The maximum Gasteiger partial charge on any atom is 0.169 e. The maximum atomic E-state index is 5.02. The number of nitrogens with zero attached hydrogens (tertiary/aromatic N) is 2. The molecule has 0 radical (unpaired) electrons. The molecule has 0 saturated heterocycles. The van der Waals surface area contributed by atoms with Crippen molar-refractivity contribution in [3.63, 3.8) is 0 Å². The van der Waals surface area contributed by atoms with Gasteiger partial charge in [0, 0.05) is 34.9 Å². The fourth-order valence-electron chi connectivity index (χ4n) is 2.15. The molecule has 0 aliphatic heterocycles. The average molecular weight is 370 g/mol. The molecule has 0 aliphatic carbocycles. The van der Waals surface area contributed by atoms with E-state index in [0.29, 0.717) is 0 Å². The Labute approximate surface area is 138 Å². The van der Waals surface area contributed by atoms with E-state index in [2.05, 4.69) is 56.5 Å². The summed E-state index contributed by atoms with van der Waals surface area (Å²) in [5.74, 6) is 0.816. The number of hydrogen-bond donors (Lipinski definition) is 1. The lowest BCUT2D eigenvalue weighted by Gasteiger charge is -2.11. The molecule has 1 N–H and O–H groups in total. The summed E-state index contributed by atoms with van der Waals surface area (Å²) in [6.07, 6.45) is 0.940. The predicted octanol–water partition coefficient (Wildman–Crippen LogP) is 3.36. The number of aromatic nitrogens is 2. The molecule has 0 saturated carbocycles. The zero-order chi connectivity index (χ0) is 15.2. The number of hydrogen-bond acceptors (Lipinski definition) is 5. The van der Waals surface area contributed by atoms with E-state index in [1.807, 2.05) is 0 Å². The zero-order valence-corrected chi connectivity index (χ0v) is 15.0. The molecule has 2 heterocycles. The van der Waals surface area contributed by atoms with Gasteiger partial charge in [-0.05, 0) is 54.4 Å². The lowest BCUT2D eigenvalue weighted by molar-refractivity contribution is 0.199. The van der Waals surface area contributed by atoms with Crippen LogP contribution in [0.1, 0.15) is 17.0 Å². The summed E-state index contributed by atoms with van der Waals surface area (Å²) >= 11 is 5.13. The van der Waals surface area contributed by atoms with Gasteiger partial charge in [-0.3, -0.25) is 0 Å². The number of halogens is 1. The van der Waals surface area contributed by atoms with Crippen LogP contribution >= 0.6 is 27.3 Å². The Morgan fingerprint density at radius 3 is 2.52 bits per heavy atom. The fourth-order valence-corrected chi connectivity index (χ4v) is 3.51. The standard InChI is InChI=1S/C15H20BrN3OS/c1-10-13(4-5-17-6-7-20-3)11(2)19-15(18-10)14-8-12(16)9-21-14/h8-9,17H,4-7H2,1-3H3. The van der Waals surface area contributed by atoms with E-state index < -0.39 is 0 Å². The van der Waals surface area contributed by atoms with Crippen LogP contribution in [0.2, 0.25) is 0 Å². The molecule has 4 nitrogen and oxygen atoms in total. The van der Waals surface area contributed by atoms with E-state index in [9.17, 15) is 0 Å². The summed E-state index contributed by atoms with van der Waals surface area (Å²) in [5, 5.41) is 5.41. The van der Waals surface area contributed by atoms with Gasteiger partial charge >= 0.3 is 0 Å². The van der Waals surface area contributed by atoms with Gasteiger partial charge in [0.15, 0.2) is 5.82 Å². The van der Waals surface area contributed by atoms with Crippen LogP contribution in [0.4, 0.5) is 0 Å². The molecule has 6 heteroatoms. The summed E-state index contributed by atoms with van der Waals surface area (Å²) in [5.41, 5.74) is 3.37. The largest absolute Gasteiger partial charge is 0.383 e. The minimum Gasteiger partial charge on any atom is -0.383 e. The number of methoxy groups -OCH3 is 1. The molecule has 2 aromatic heterocycles. The Hall–Kier alpha value is -0.820. The zero-order valence-electron chi connectivity index (χ0n) is 12.6. The Bertz CT molecular complexity index is 577. The highest BCUT2D eigenvalue weighted by molar-refractivity contribution is 9.10. The average Bonchev–Trinajstić information content (AvgIpc) is 2.87. The SMILES string of the molecule is COCCNCCc1c(C)nc(-c2cc(Br)cs2)nc1C. The quantitative estimate of drug-likeness (QED) is 0.760. The van der Waals surface area contributed by atoms with Crippen molar-refractivity contribution >= 4 is 27.3 Å². The molecule has 0 unspecified atom stereocenters. The number of aryl methyl sites for hydroxylation is 2. The highest BCUT2D eigenvalue weighted by Crippen LogP contribution is 2.28. The second kappa shape index (κ2) is 7.98.